The minimum Gasteiger partial charge on any atom is -0.381 e. The summed E-state index contributed by atoms with van der Waals surface area (Å²) in [6.45, 7) is 4.94. The quantitative estimate of drug-likeness (QED) is 0.900. The van der Waals surface area contributed by atoms with Crippen LogP contribution in [0.4, 0.5) is 14.5 Å². The van der Waals surface area contributed by atoms with Crippen molar-refractivity contribution in [3.63, 3.8) is 0 Å². The summed E-state index contributed by atoms with van der Waals surface area (Å²) in [5, 5.41) is 2.61. The number of nitrogens with one attached hydrogen (secondary N) is 1. The van der Waals surface area contributed by atoms with E-state index in [-0.39, 0.29) is 17.2 Å². The van der Waals surface area contributed by atoms with Gasteiger partial charge in [-0.1, -0.05) is 6.92 Å². The van der Waals surface area contributed by atoms with E-state index in [1.165, 1.54) is 4.90 Å². The van der Waals surface area contributed by atoms with Gasteiger partial charge in [-0.05, 0) is 37.3 Å². The lowest BCUT2D eigenvalue weighted by Gasteiger charge is -2.18. The summed E-state index contributed by atoms with van der Waals surface area (Å²) in [5.41, 5.74) is -0.125. The highest BCUT2D eigenvalue weighted by atomic mass is 19.1. The van der Waals surface area contributed by atoms with E-state index in [4.69, 9.17) is 0 Å². The molecule has 0 radical (unpaired) electrons. The summed E-state index contributed by atoms with van der Waals surface area (Å²) < 4.78 is 27.6. The van der Waals surface area contributed by atoms with Gasteiger partial charge in [-0.15, -0.1) is 0 Å². The van der Waals surface area contributed by atoms with Crippen LogP contribution in [0.25, 0.3) is 0 Å². The van der Waals surface area contributed by atoms with Crippen molar-refractivity contribution in [1.82, 2.24) is 4.90 Å². The van der Waals surface area contributed by atoms with Gasteiger partial charge in [0.25, 0.3) is 5.91 Å². The van der Waals surface area contributed by atoms with Crippen LogP contribution in [-0.4, -0.2) is 30.9 Å². The van der Waals surface area contributed by atoms with Crippen molar-refractivity contribution in [2.45, 2.75) is 20.3 Å². The van der Waals surface area contributed by atoms with E-state index in [1.807, 2.05) is 0 Å². The van der Waals surface area contributed by atoms with Gasteiger partial charge in [0.2, 0.25) is 0 Å². The third-order valence-electron chi connectivity index (χ3n) is 3.77. The van der Waals surface area contributed by atoms with E-state index in [1.54, 1.807) is 14.0 Å². The van der Waals surface area contributed by atoms with Gasteiger partial charge in [-0.25, -0.2) is 8.78 Å². The van der Waals surface area contributed by atoms with E-state index in [0.717, 1.165) is 18.6 Å². The third-order valence-corrected chi connectivity index (χ3v) is 3.77. The molecule has 2 unspecified atom stereocenters. The molecule has 1 saturated carbocycles. The molecule has 1 aromatic carbocycles. The highest BCUT2D eigenvalue weighted by Gasteiger charge is 2.34. The molecule has 5 heteroatoms. The van der Waals surface area contributed by atoms with Crippen molar-refractivity contribution in [3.8, 4) is 0 Å². The molecule has 0 bridgehead atoms. The summed E-state index contributed by atoms with van der Waals surface area (Å²) in [5.74, 6) is -0.661. The maximum absolute atomic E-state index is 13.8. The molecule has 2 rings (SSSR count). The molecule has 3 nitrogen and oxygen atoms in total. The molecule has 1 fully saturated rings. The Labute approximate surface area is 118 Å². The lowest BCUT2D eigenvalue weighted by Crippen LogP contribution is -2.29. The summed E-state index contributed by atoms with van der Waals surface area (Å²) in [4.78, 5) is 13.7. The van der Waals surface area contributed by atoms with Gasteiger partial charge in [0, 0.05) is 25.7 Å². The van der Waals surface area contributed by atoms with Crippen molar-refractivity contribution in [2.24, 2.45) is 11.8 Å². The van der Waals surface area contributed by atoms with E-state index < -0.39 is 11.6 Å². The Kier molecular flexibility index (Phi) is 4.26. The number of amides is 1. The summed E-state index contributed by atoms with van der Waals surface area (Å²) in [6.07, 6.45) is 1.11. The number of nitrogens with zero attached hydrogens (tertiary/aromatic N) is 1. The molecule has 1 aromatic rings. The second kappa shape index (κ2) is 5.77. The number of hydrogen-bond donors (Lipinski definition) is 1. The topological polar surface area (TPSA) is 32.3 Å². The fourth-order valence-electron chi connectivity index (χ4n) is 2.35. The highest BCUT2D eigenvalue weighted by Crippen LogP contribution is 2.38. The molecule has 2 atom stereocenters. The SMILES string of the molecule is CCNc1c(F)cc(C(=O)N(C)CC2CC2C)cc1F. The number of rotatable bonds is 5. The molecule has 110 valence electrons. The first-order valence-corrected chi connectivity index (χ1v) is 6.92. The number of hydrogen-bond acceptors (Lipinski definition) is 2. The second-order valence-electron chi connectivity index (χ2n) is 5.50. The molecular formula is C15H20F2N2O. The molecule has 1 aliphatic carbocycles. The summed E-state index contributed by atoms with van der Waals surface area (Å²) in [6, 6.07) is 2.19. The smallest absolute Gasteiger partial charge is 0.253 e. The number of carbonyl (C=O) groups is 1. The Morgan fingerprint density at radius 1 is 1.40 bits per heavy atom. The fraction of sp³-hybridized carbons (Fsp3) is 0.533. The Balaban J connectivity index is 2.13. The van der Waals surface area contributed by atoms with Crippen molar-refractivity contribution in [2.75, 3.05) is 25.5 Å². The Bertz CT molecular complexity index is 496. The lowest BCUT2D eigenvalue weighted by molar-refractivity contribution is 0.0786. The van der Waals surface area contributed by atoms with Crippen molar-refractivity contribution in [3.05, 3.63) is 29.3 Å². The van der Waals surface area contributed by atoms with Crippen molar-refractivity contribution in [1.29, 1.82) is 0 Å². The van der Waals surface area contributed by atoms with Gasteiger partial charge in [0.15, 0.2) is 0 Å². The van der Waals surface area contributed by atoms with Crippen LogP contribution in [0.15, 0.2) is 12.1 Å². The number of halogens is 2. The van der Waals surface area contributed by atoms with E-state index >= 15 is 0 Å². The van der Waals surface area contributed by atoms with Gasteiger partial charge >= 0.3 is 0 Å². The maximum atomic E-state index is 13.8. The van der Waals surface area contributed by atoms with Crippen LogP contribution in [0.2, 0.25) is 0 Å². The Morgan fingerprint density at radius 3 is 2.40 bits per heavy atom. The molecule has 0 spiro atoms. The molecule has 20 heavy (non-hydrogen) atoms. The number of carbonyl (C=O) groups excluding carboxylic acids is 1. The maximum Gasteiger partial charge on any atom is 0.253 e. The minimum atomic E-state index is -0.733. The van der Waals surface area contributed by atoms with Crippen LogP contribution in [0.3, 0.4) is 0 Å². The Hall–Kier alpha value is -1.65. The second-order valence-corrected chi connectivity index (χ2v) is 5.50. The predicted octanol–water partition coefficient (Wildman–Crippen LogP) is 3.12. The summed E-state index contributed by atoms with van der Waals surface area (Å²) >= 11 is 0. The first kappa shape index (κ1) is 14.8. The molecule has 1 aliphatic rings. The summed E-state index contributed by atoms with van der Waals surface area (Å²) in [7, 11) is 1.67. The number of anilines is 1. The highest BCUT2D eigenvalue weighted by molar-refractivity contribution is 5.94. The van der Waals surface area contributed by atoms with Crippen LogP contribution in [0, 0.1) is 23.5 Å². The van der Waals surface area contributed by atoms with Gasteiger partial charge in [-0.3, -0.25) is 4.79 Å². The molecular weight excluding hydrogens is 262 g/mol. The van der Waals surface area contributed by atoms with Crippen molar-refractivity contribution >= 4 is 11.6 Å². The first-order chi connectivity index (χ1) is 9.43. The molecule has 0 heterocycles. The van der Waals surface area contributed by atoms with Crippen LogP contribution in [0.5, 0.6) is 0 Å². The normalized spacial score (nSPS) is 20.6. The first-order valence-electron chi connectivity index (χ1n) is 6.92. The third kappa shape index (κ3) is 3.08. The van der Waals surface area contributed by atoms with E-state index in [0.29, 0.717) is 24.9 Å². The van der Waals surface area contributed by atoms with Crippen LogP contribution in [-0.2, 0) is 0 Å². The number of benzene rings is 1. The monoisotopic (exact) mass is 282 g/mol. The zero-order valence-electron chi connectivity index (χ0n) is 12.0. The largest absolute Gasteiger partial charge is 0.381 e. The minimum absolute atomic E-state index is 0.0532. The average Bonchev–Trinajstić information content (AvgIpc) is 3.08. The average molecular weight is 282 g/mol. The van der Waals surface area contributed by atoms with Gasteiger partial charge in [0.05, 0.1) is 0 Å². The molecule has 0 aliphatic heterocycles. The van der Waals surface area contributed by atoms with Crippen LogP contribution >= 0.6 is 0 Å². The Morgan fingerprint density at radius 2 is 1.95 bits per heavy atom. The lowest BCUT2D eigenvalue weighted by atomic mass is 10.1. The fourth-order valence-corrected chi connectivity index (χ4v) is 2.35. The molecule has 0 saturated heterocycles. The standard InChI is InChI=1S/C15H20F2N2O/c1-4-18-14-12(16)6-10(7-13(14)17)15(20)19(3)8-11-5-9(11)2/h6-7,9,11,18H,4-5,8H2,1-3H3. The van der Waals surface area contributed by atoms with Crippen LogP contribution < -0.4 is 5.32 Å². The van der Waals surface area contributed by atoms with E-state index in [2.05, 4.69) is 12.2 Å². The van der Waals surface area contributed by atoms with Gasteiger partial charge in [-0.2, -0.15) is 0 Å². The van der Waals surface area contributed by atoms with Crippen molar-refractivity contribution < 1.29 is 13.6 Å². The molecule has 1 N–H and O–H groups in total. The van der Waals surface area contributed by atoms with Gasteiger partial charge < -0.3 is 10.2 Å². The predicted molar refractivity (Wildman–Crippen MR) is 74.8 cm³/mol. The zero-order valence-corrected chi connectivity index (χ0v) is 12.0. The van der Waals surface area contributed by atoms with Gasteiger partial charge in [0.1, 0.15) is 17.3 Å². The van der Waals surface area contributed by atoms with E-state index in [9.17, 15) is 13.6 Å². The molecule has 1 amide bonds. The molecule has 0 aromatic heterocycles. The van der Waals surface area contributed by atoms with Crippen LogP contribution in [0.1, 0.15) is 30.6 Å². The zero-order chi connectivity index (χ0) is 14.9.